The lowest BCUT2D eigenvalue weighted by Crippen LogP contribution is -2.23. The first-order valence-corrected chi connectivity index (χ1v) is 8.93. The van der Waals surface area contributed by atoms with Crippen LogP contribution in [-0.2, 0) is 4.79 Å². The highest BCUT2D eigenvalue weighted by molar-refractivity contribution is 8.02. The highest BCUT2D eigenvalue weighted by Crippen LogP contribution is 2.30. The van der Waals surface area contributed by atoms with E-state index in [0.717, 1.165) is 26.3 Å². The van der Waals surface area contributed by atoms with Gasteiger partial charge in [-0.1, -0.05) is 47.4 Å². The monoisotopic (exact) mass is 348 g/mol. The second-order valence-electron chi connectivity index (χ2n) is 5.06. The van der Waals surface area contributed by atoms with Gasteiger partial charge in [0.2, 0.25) is 11.0 Å². The van der Waals surface area contributed by atoms with Crippen LogP contribution in [0.2, 0.25) is 0 Å². The maximum atomic E-state index is 12.4. The molecule has 0 aliphatic carbocycles. The van der Waals surface area contributed by atoms with Crippen LogP contribution in [0, 0.1) is 13.8 Å². The molecule has 1 atom stereocenters. The molecule has 23 heavy (non-hydrogen) atoms. The largest absolute Gasteiger partial charge is 0.357 e. The average Bonchev–Trinajstić information content (AvgIpc) is 2.96. The van der Waals surface area contributed by atoms with E-state index >= 15 is 0 Å². The second kappa shape index (κ2) is 8.12. The zero-order chi connectivity index (χ0) is 16.8. The number of nitrogens with one attached hydrogen (secondary N) is 2. The first kappa shape index (κ1) is 17.5. The van der Waals surface area contributed by atoms with Gasteiger partial charge in [-0.05, 0) is 31.9 Å². The van der Waals surface area contributed by atoms with Gasteiger partial charge in [0.25, 0.3) is 0 Å². The third kappa shape index (κ3) is 4.80. The zero-order valence-corrected chi connectivity index (χ0v) is 15.1. The van der Waals surface area contributed by atoms with E-state index in [-0.39, 0.29) is 11.2 Å². The first-order chi connectivity index (χ1) is 11.0. The predicted molar refractivity (Wildman–Crippen MR) is 98.5 cm³/mol. The number of hydrogen-bond acceptors (Lipinski definition) is 6. The molecule has 0 aliphatic heterocycles. The van der Waals surface area contributed by atoms with Gasteiger partial charge < -0.3 is 10.6 Å². The number of hydrogen-bond donors (Lipinski definition) is 2. The molecule has 0 fully saturated rings. The number of aromatic nitrogens is 2. The van der Waals surface area contributed by atoms with E-state index in [1.165, 1.54) is 23.1 Å². The quantitative estimate of drug-likeness (QED) is 0.587. The SMILES string of the molecule is C=CCNc1nnc(S[C@@H](C)C(=O)Nc2c(C)cccc2C)s1. The Morgan fingerprint density at radius 2 is 2.09 bits per heavy atom. The van der Waals surface area contributed by atoms with Crippen LogP contribution in [0.4, 0.5) is 10.8 Å². The lowest BCUT2D eigenvalue weighted by atomic mass is 10.1. The lowest BCUT2D eigenvalue weighted by molar-refractivity contribution is -0.115. The van der Waals surface area contributed by atoms with E-state index in [2.05, 4.69) is 27.4 Å². The Hall–Kier alpha value is -1.86. The molecule has 1 aromatic carbocycles. The molecular weight excluding hydrogens is 328 g/mol. The van der Waals surface area contributed by atoms with Crippen LogP contribution in [0.25, 0.3) is 0 Å². The lowest BCUT2D eigenvalue weighted by Gasteiger charge is -2.14. The summed E-state index contributed by atoms with van der Waals surface area (Å²) in [5, 5.41) is 14.7. The molecule has 0 saturated heterocycles. The molecule has 0 bridgehead atoms. The second-order valence-corrected chi connectivity index (χ2v) is 7.62. The highest BCUT2D eigenvalue weighted by Gasteiger charge is 2.18. The number of rotatable bonds is 7. The van der Waals surface area contributed by atoms with Gasteiger partial charge in [0, 0.05) is 12.2 Å². The third-order valence-corrected chi connectivity index (χ3v) is 5.25. The van der Waals surface area contributed by atoms with Crippen LogP contribution < -0.4 is 10.6 Å². The fourth-order valence-corrected chi connectivity index (χ4v) is 3.83. The molecule has 122 valence electrons. The van der Waals surface area contributed by atoms with Crippen molar-refractivity contribution in [3.8, 4) is 0 Å². The smallest absolute Gasteiger partial charge is 0.237 e. The maximum absolute atomic E-state index is 12.4. The number of para-hydroxylation sites is 1. The number of carbonyl (C=O) groups excluding carboxylic acids is 1. The van der Waals surface area contributed by atoms with E-state index < -0.39 is 0 Å². The summed E-state index contributed by atoms with van der Waals surface area (Å²) >= 11 is 2.84. The molecule has 0 radical (unpaired) electrons. The normalized spacial score (nSPS) is 11.8. The van der Waals surface area contributed by atoms with Crippen molar-refractivity contribution in [3.05, 3.63) is 42.0 Å². The molecule has 0 spiro atoms. The van der Waals surface area contributed by atoms with Crippen LogP contribution in [0.5, 0.6) is 0 Å². The van der Waals surface area contributed by atoms with E-state index in [1.807, 2.05) is 39.0 Å². The molecule has 2 rings (SSSR count). The summed E-state index contributed by atoms with van der Waals surface area (Å²) in [7, 11) is 0. The van der Waals surface area contributed by atoms with E-state index in [1.54, 1.807) is 6.08 Å². The number of benzene rings is 1. The molecule has 0 aliphatic rings. The molecule has 7 heteroatoms. The van der Waals surface area contributed by atoms with Crippen LogP contribution in [0.1, 0.15) is 18.1 Å². The van der Waals surface area contributed by atoms with E-state index in [4.69, 9.17) is 0 Å². The fourth-order valence-electron chi connectivity index (χ4n) is 1.93. The van der Waals surface area contributed by atoms with Crippen LogP contribution >= 0.6 is 23.1 Å². The Bertz CT molecular complexity index is 679. The van der Waals surface area contributed by atoms with Crippen molar-refractivity contribution >= 4 is 39.8 Å². The van der Waals surface area contributed by atoms with Crippen LogP contribution in [0.15, 0.2) is 35.2 Å². The van der Waals surface area contributed by atoms with Crippen molar-refractivity contribution < 1.29 is 4.79 Å². The van der Waals surface area contributed by atoms with Gasteiger partial charge in [-0.25, -0.2) is 0 Å². The van der Waals surface area contributed by atoms with Gasteiger partial charge in [0.05, 0.1) is 5.25 Å². The molecule has 2 N–H and O–H groups in total. The zero-order valence-electron chi connectivity index (χ0n) is 13.4. The van der Waals surface area contributed by atoms with E-state index in [9.17, 15) is 4.79 Å². The minimum absolute atomic E-state index is 0.0387. The van der Waals surface area contributed by atoms with Crippen LogP contribution in [-0.4, -0.2) is 27.9 Å². The molecule has 0 saturated carbocycles. The average molecular weight is 348 g/mol. The number of thioether (sulfide) groups is 1. The standard InChI is InChI=1S/C16H20N4OS2/c1-5-9-17-15-19-20-16(23-15)22-12(4)14(21)18-13-10(2)7-6-8-11(13)3/h5-8,12H,1,9H2,2-4H3,(H,17,19)(H,18,21)/t12-/m0/s1. The minimum Gasteiger partial charge on any atom is -0.357 e. The van der Waals surface area contributed by atoms with Gasteiger partial charge >= 0.3 is 0 Å². The Kier molecular flexibility index (Phi) is 6.18. The fraction of sp³-hybridized carbons (Fsp3) is 0.312. The van der Waals surface area contributed by atoms with Gasteiger partial charge in [-0.3, -0.25) is 4.79 Å². The Morgan fingerprint density at radius 3 is 2.74 bits per heavy atom. The Morgan fingerprint density at radius 1 is 1.39 bits per heavy atom. The van der Waals surface area contributed by atoms with Gasteiger partial charge in [0.15, 0.2) is 4.34 Å². The molecule has 1 heterocycles. The van der Waals surface area contributed by atoms with Crippen molar-refractivity contribution in [2.45, 2.75) is 30.4 Å². The minimum atomic E-state index is -0.255. The topological polar surface area (TPSA) is 66.9 Å². The van der Waals surface area contributed by atoms with Crippen molar-refractivity contribution in [2.75, 3.05) is 17.2 Å². The molecule has 1 amide bonds. The summed E-state index contributed by atoms with van der Waals surface area (Å²) in [6, 6.07) is 5.96. The summed E-state index contributed by atoms with van der Waals surface area (Å²) in [6.07, 6.45) is 1.76. The summed E-state index contributed by atoms with van der Waals surface area (Å²) in [6.45, 7) is 10.1. The van der Waals surface area contributed by atoms with Crippen molar-refractivity contribution in [3.63, 3.8) is 0 Å². The summed E-state index contributed by atoms with van der Waals surface area (Å²) in [4.78, 5) is 12.4. The van der Waals surface area contributed by atoms with Crippen molar-refractivity contribution in [2.24, 2.45) is 0 Å². The molecule has 2 aromatic rings. The number of aryl methyl sites for hydroxylation is 2. The molecule has 1 aromatic heterocycles. The third-order valence-electron chi connectivity index (χ3n) is 3.18. The van der Waals surface area contributed by atoms with Crippen molar-refractivity contribution in [1.29, 1.82) is 0 Å². The maximum Gasteiger partial charge on any atom is 0.237 e. The number of carbonyl (C=O) groups is 1. The van der Waals surface area contributed by atoms with Gasteiger partial charge in [-0.15, -0.1) is 16.8 Å². The molecule has 0 unspecified atom stereocenters. The number of anilines is 2. The molecular formula is C16H20N4OS2. The first-order valence-electron chi connectivity index (χ1n) is 7.23. The Balaban J connectivity index is 1.97. The number of nitrogens with zero attached hydrogens (tertiary/aromatic N) is 2. The van der Waals surface area contributed by atoms with Gasteiger partial charge in [-0.2, -0.15) is 0 Å². The Labute approximate surface area is 144 Å². The van der Waals surface area contributed by atoms with Crippen molar-refractivity contribution in [1.82, 2.24) is 10.2 Å². The molecule has 5 nitrogen and oxygen atoms in total. The summed E-state index contributed by atoms with van der Waals surface area (Å²) < 4.78 is 0.765. The summed E-state index contributed by atoms with van der Waals surface area (Å²) in [5.74, 6) is -0.0387. The van der Waals surface area contributed by atoms with E-state index in [0.29, 0.717) is 6.54 Å². The highest BCUT2D eigenvalue weighted by atomic mass is 32.2. The van der Waals surface area contributed by atoms with Gasteiger partial charge in [0.1, 0.15) is 0 Å². The van der Waals surface area contributed by atoms with Crippen LogP contribution in [0.3, 0.4) is 0 Å². The summed E-state index contributed by atoms with van der Waals surface area (Å²) in [5.41, 5.74) is 3.00. The number of amides is 1. The predicted octanol–water partition coefficient (Wildman–Crippen LogP) is 3.87.